The number of benzene rings is 1. The molecule has 2 aliphatic rings. The number of hydrogen-bond acceptors (Lipinski definition) is 3. The SMILES string of the molecule is CC1CC(C)(C)CCC1(C)c1ccccc1N1CCN(Cc2ccoc2)CC1. The second-order valence-electron chi connectivity index (χ2n) is 10.1. The highest BCUT2D eigenvalue weighted by atomic mass is 16.3. The Morgan fingerprint density at radius 3 is 2.43 bits per heavy atom. The maximum atomic E-state index is 5.23. The van der Waals surface area contributed by atoms with Crippen molar-refractivity contribution in [3.8, 4) is 0 Å². The molecule has 3 nitrogen and oxygen atoms in total. The normalized spacial score (nSPS) is 28.4. The van der Waals surface area contributed by atoms with Crippen molar-refractivity contribution in [3.63, 3.8) is 0 Å². The second kappa shape index (κ2) is 7.59. The molecule has 0 N–H and O–H groups in total. The first-order valence-corrected chi connectivity index (χ1v) is 11.0. The zero-order valence-corrected chi connectivity index (χ0v) is 18.1. The second-order valence-corrected chi connectivity index (χ2v) is 10.1. The molecule has 2 atom stereocenters. The molecule has 1 aromatic carbocycles. The van der Waals surface area contributed by atoms with E-state index in [2.05, 4.69) is 67.8 Å². The van der Waals surface area contributed by atoms with Crippen LogP contribution in [-0.4, -0.2) is 31.1 Å². The minimum absolute atomic E-state index is 0.278. The van der Waals surface area contributed by atoms with Crippen molar-refractivity contribution in [2.45, 2.75) is 58.9 Å². The van der Waals surface area contributed by atoms with E-state index in [0.717, 1.165) is 32.7 Å². The van der Waals surface area contributed by atoms with Crippen molar-refractivity contribution in [3.05, 3.63) is 54.0 Å². The van der Waals surface area contributed by atoms with Crippen LogP contribution in [0.25, 0.3) is 0 Å². The van der Waals surface area contributed by atoms with Gasteiger partial charge in [-0.1, -0.05) is 45.9 Å². The third-order valence-corrected chi connectivity index (χ3v) is 7.49. The van der Waals surface area contributed by atoms with Gasteiger partial charge in [0, 0.05) is 44.0 Å². The molecular formula is C25H36N2O. The van der Waals surface area contributed by atoms with Crippen LogP contribution in [0.3, 0.4) is 0 Å². The van der Waals surface area contributed by atoms with E-state index < -0.39 is 0 Å². The zero-order chi connectivity index (χ0) is 19.8. The first-order valence-electron chi connectivity index (χ1n) is 11.0. The summed E-state index contributed by atoms with van der Waals surface area (Å²) in [7, 11) is 0. The molecule has 0 spiro atoms. The Bertz CT molecular complexity index is 774. The molecule has 1 saturated heterocycles. The smallest absolute Gasteiger partial charge is 0.0947 e. The van der Waals surface area contributed by atoms with E-state index in [1.807, 2.05) is 6.26 Å². The fourth-order valence-corrected chi connectivity index (χ4v) is 5.42. The minimum Gasteiger partial charge on any atom is -0.472 e. The van der Waals surface area contributed by atoms with Crippen LogP contribution in [-0.2, 0) is 12.0 Å². The van der Waals surface area contributed by atoms with E-state index in [9.17, 15) is 0 Å². The molecule has 2 heterocycles. The van der Waals surface area contributed by atoms with E-state index in [-0.39, 0.29) is 5.41 Å². The van der Waals surface area contributed by atoms with Gasteiger partial charge in [0.05, 0.1) is 12.5 Å². The van der Waals surface area contributed by atoms with E-state index >= 15 is 0 Å². The van der Waals surface area contributed by atoms with Gasteiger partial charge < -0.3 is 9.32 Å². The lowest BCUT2D eigenvalue weighted by atomic mass is 9.58. The van der Waals surface area contributed by atoms with Gasteiger partial charge in [-0.25, -0.2) is 0 Å². The van der Waals surface area contributed by atoms with Crippen molar-refractivity contribution < 1.29 is 4.42 Å². The van der Waals surface area contributed by atoms with E-state index in [4.69, 9.17) is 4.42 Å². The van der Waals surface area contributed by atoms with Crippen LogP contribution in [0.15, 0.2) is 47.3 Å². The van der Waals surface area contributed by atoms with Crippen LogP contribution in [0.2, 0.25) is 0 Å². The fraction of sp³-hybridized carbons (Fsp3) is 0.600. The number of para-hydroxylation sites is 1. The molecular weight excluding hydrogens is 344 g/mol. The molecule has 0 bridgehead atoms. The monoisotopic (exact) mass is 380 g/mol. The van der Waals surface area contributed by atoms with Crippen LogP contribution >= 0.6 is 0 Å². The highest BCUT2D eigenvalue weighted by Gasteiger charge is 2.43. The Morgan fingerprint density at radius 1 is 1.00 bits per heavy atom. The number of hydrogen-bond donors (Lipinski definition) is 0. The Kier molecular flexibility index (Phi) is 5.30. The van der Waals surface area contributed by atoms with Crippen molar-refractivity contribution in [1.82, 2.24) is 4.90 Å². The van der Waals surface area contributed by atoms with Gasteiger partial charge in [-0.15, -0.1) is 0 Å². The van der Waals surface area contributed by atoms with Crippen molar-refractivity contribution >= 4 is 5.69 Å². The maximum Gasteiger partial charge on any atom is 0.0947 e. The quantitative estimate of drug-likeness (QED) is 0.678. The minimum atomic E-state index is 0.278. The van der Waals surface area contributed by atoms with Crippen molar-refractivity contribution in [2.24, 2.45) is 11.3 Å². The molecule has 1 saturated carbocycles. The summed E-state index contributed by atoms with van der Waals surface area (Å²) < 4.78 is 5.23. The maximum absolute atomic E-state index is 5.23. The van der Waals surface area contributed by atoms with Gasteiger partial charge in [-0.2, -0.15) is 0 Å². The topological polar surface area (TPSA) is 19.6 Å². The van der Waals surface area contributed by atoms with Crippen LogP contribution in [0.5, 0.6) is 0 Å². The number of furan rings is 1. The lowest BCUT2D eigenvalue weighted by Gasteiger charge is -2.48. The standard InChI is InChI=1S/C25H36N2O/c1-20-17-24(2,3)10-11-25(20,4)22-7-5-6-8-23(22)27-14-12-26(13-15-27)18-21-9-16-28-19-21/h5-9,16,19-20H,10-15,17-18H2,1-4H3. The third kappa shape index (κ3) is 3.87. The average molecular weight is 381 g/mol. The molecule has 0 radical (unpaired) electrons. The summed E-state index contributed by atoms with van der Waals surface area (Å²) in [6.45, 7) is 15.3. The molecule has 2 unspecified atom stereocenters. The summed E-state index contributed by atoms with van der Waals surface area (Å²) in [5.41, 5.74) is 5.08. The molecule has 2 fully saturated rings. The highest BCUT2D eigenvalue weighted by molar-refractivity contribution is 5.57. The number of nitrogens with zero attached hydrogens (tertiary/aromatic N) is 2. The van der Waals surface area contributed by atoms with E-state index in [1.54, 1.807) is 11.8 Å². The van der Waals surface area contributed by atoms with Gasteiger partial charge in [0.1, 0.15) is 0 Å². The molecule has 4 rings (SSSR count). The predicted octanol–water partition coefficient (Wildman–Crippen LogP) is 5.71. The van der Waals surface area contributed by atoms with Crippen molar-refractivity contribution in [1.29, 1.82) is 0 Å². The van der Waals surface area contributed by atoms with Crippen LogP contribution in [0, 0.1) is 11.3 Å². The number of piperazine rings is 1. The van der Waals surface area contributed by atoms with Gasteiger partial charge >= 0.3 is 0 Å². The lowest BCUT2D eigenvalue weighted by molar-refractivity contribution is 0.109. The summed E-state index contributed by atoms with van der Waals surface area (Å²) in [5, 5.41) is 0. The Balaban J connectivity index is 1.49. The van der Waals surface area contributed by atoms with Crippen LogP contribution in [0.4, 0.5) is 5.69 Å². The number of rotatable bonds is 4. The summed E-state index contributed by atoms with van der Waals surface area (Å²) in [4.78, 5) is 5.16. The van der Waals surface area contributed by atoms with Gasteiger partial charge in [0.25, 0.3) is 0 Å². The Morgan fingerprint density at radius 2 is 1.75 bits per heavy atom. The van der Waals surface area contributed by atoms with Gasteiger partial charge in [0.2, 0.25) is 0 Å². The molecule has 0 amide bonds. The third-order valence-electron chi connectivity index (χ3n) is 7.49. The summed E-state index contributed by atoms with van der Waals surface area (Å²) in [5.74, 6) is 0.708. The largest absolute Gasteiger partial charge is 0.472 e. The van der Waals surface area contributed by atoms with Gasteiger partial charge in [-0.3, -0.25) is 4.90 Å². The summed E-state index contributed by atoms with van der Waals surface area (Å²) in [6, 6.07) is 11.3. The average Bonchev–Trinajstić information content (AvgIpc) is 3.19. The fourth-order valence-electron chi connectivity index (χ4n) is 5.42. The molecule has 3 heteroatoms. The Hall–Kier alpha value is -1.74. The Labute approximate surface area is 170 Å². The molecule has 1 aliphatic carbocycles. The lowest BCUT2D eigenvalue weighted by Crippen LogP contribution is -2.47. The molecule has 28 heavy (non-hydrogen) atoms. The summed E-state index contributed by atoms with van der Waals surface area (Å²) >= 11 is 0. The molecule has 152 valence electrons. The van der Waals surface area contributed by atoms with Gasteiger partial charge in [-0.05, 0) is 53.7 Å². The van der Waals surface area contributed by atoms with Crippen LogP contribution in [0.1, 0.15) is 58.1 Å². The predicted molar refractivity (Wildman–Crippen MR) is 117 cm³/mol. The summed E-state index contributed by atoms with van der Waals surface area (Å²) in [6.07, 6.45) is 7.57. The molecule has 1 aliphatic heterocycles. The highest BCUT2D eigenvalue weighted by Crippen LogP contribution is 2.51. The van der Waals surface area contributed by atoms with Crippen molar-refractivity contribution in [2.75, 3.05) is 31.1 Å². The molecule has 2 aromatic rings. The first kappa shape index (κ1) is 19.6. The first-order chi connectivity index (χ1) is 13.4. The van der Waals surface area contributed by atoms with E-state index in [1.165, 1.54) is 30.5 Å². The van der Waals surface area contributed by atoms with Crippen LogP contribution < -0.4 is 4.90 Å². The van der Waals surface area contributed by atoms with E-state index in [0.29, 0.717) is 11.3 Å². The zero-order valence-electron chi connectivity index (χ0n) is 18.1. The molecule has 1 aromatic heterocycles. The van der Waals surface area contributed by atoms with Gasteiger partial charge in [0.15, 0.2) is 0 Å². The number of anilines is 1.